The van der Waals surface area contributed by atoms with Crippen LogP contribution in [-0.4, -0.2) is 22.6 Å². The van der Waals surface area contributed by atoms with Crippen molar-refractivity contribution in [3.8, 4) is 5.75 Å². The van der Waals surface area contributed by atoms with Crippen LogP contribution in [0.1, 0.15) is 11.1 Å². The SMILES string of the molecule is O=C(O)Cc1cc(CCl)c(OC(F)F)cc1[N+](=O)[O-]. The van der Waals surface area contributed by atoms with Crippen molar-refractivity contribution in [1.29, 1.82) is 0 Å². The molecule has 1 aromatic rings. The molecule has 0 radical (unpaired) electrons. The van der Waals surface area contributed by atoms with Crippen LogP contribution in [0.4, 0.5) is 14.5 Å². The third-order valence-electron chi connectivity index (χ3n) is 2.16. The first-order valence-corrected chi connectivity index (χ1v) is 5.41. The van der Waals surface area contributed by atoms with Gasteiger partial charge in [0.2, 0.25) is 0 Å². The number of carbonyl (C=O) groups is 1. The Morgan fingerprint density at radius 1 is 1.47 bits per heavy atom. The number of alkyl halides is 3. The van der Waals surface area contributed by atoms with Gasteiger partial charge in [0.05, 0.1) is 23.3 Å². The molecule has 1 aromatic carbocycles. The molecule has 0 spiro atoms. The third-order valence-corrected chi connectivity index (χ3v) is 2.45. The van der Waals surface area contributed by atoms with Crippen LogP contribution in [-0.2, 0) is 17.1 Å². The van der Waals surface area contributed by atoms with Crippen LogP contribution in [0, 0.1) is 10.1 Å². The van der Waals surface area contributed by atoms with Gasteiger partial charge in [-0.3, -0.25) is 14.9 Å². The Bertz CT molecular complexity index is 509. The first-order valence-electron chi connectivity index (χ1n) is 4.88. The average molecular weight is 296 g/mol. The normalized spacial score (nSPS) is 10.5. The van der Waals surface area contributed by atoms with Gasteiger partial charge >= 0.3 is 12.6 Å². The summed E-state index contributed by atoms with van der Waals surface area (Å²) in [4.78, 5) is 20.5. The highest BCUT2D eigenvalue weighted by Gasteiger charge is 2.22. The molecule has 19 heavy (non-hydrogen) atoms. The summed E-state index contributed by atoms with van der Waals surface area (Å²) in [6.45, 7) is -3.16. The minimum Gasteiger partial charge on any atom is -0.481 e. The molecule has 0 fully saturated rings. The highest BCUT2D eigenvalue weighted by molar-refractivity contribution is 6.17. The van der Waals surface area contributed by atoms with Crippen LogP contribution in [0.5, 0.6) is 5.75 Å². The Kier molecular flexibility index (Phi) is 4.99. The monoisotopic (exact) mass is 295 g/mol. The molecule has 1 rings (SSSR count). The second kappa shape index (κ2) is 6.28. The molecule has 0 aromatic heterocycles. The summed E-state index contributed by atoms with van der Waals surface area (Å²) in [7, 11) is 0. The van der Waals surface area contributed by atoms with Crippen molar-refractivity contribution in [2.45, 2.75) is 18.9 Å². The van der Waals surface area contributed by atoms with E-state index in [1.807, 2.05) is 0 Å². The number of hydrogen-bond acceptors (Lipinski definition) is 4. The molecule has 0 unspecified atom stereocenters. The van der Waals surface area contributed by atoms with Crippen molar-refractivity contribution in [3.05, 3.63) is 33.4 Å². The van der Waals surface area contributed by atoms with Crippen molar-refractivity contribution < 1.29 is 28.3 Å². The molecule has 0 aliphatic carbocycles. The Hall–Kier alpha value is -1.96. The van der Waals surface area contributed by atoms with Crippen LogP contribution in [0.2, 0.25) is 0 Å². The molecular weight excluding hydrogens is 288 g/mol. The molecule has 9 heteroatoms. The zero-order chi connectivity index (χ0) is 14.6. The van der Waals surface area contributed by atoms with Crippen LogP contribution in [0.3, 0.4) is 0 Å². The van der Waals surface area contributed by atoms with Crippen molar-refractivity contribution in [2.75, 3.05) is 0 Å². The number of nitrogens with zero attached hydrogens (tertiary/aromatic N) is 1. The fourth-order valence-electron chi connectivity index (χ4n) is 1.45. The van der Waals surface area contributed by atoms with E-state index in [0.29, 0.717) is 0 Å². The summed E-state index contributed by atoms with van der Waals surface area (Å²) in [6, 6.07) is 1.83. The number of hydrogen-bond donors (Lipinski definition) is 1. The molecule has 6 nitrogen and oxygen atoms in total. The molecular formula is C10H8ClF2NO5. The minimum atomic E-state index is -3.16. The number of rotatable bonds is 6. The maximum Gasteiger partial charge on any atom is 0.387 e. The smallest absolute Gasteiger partial charge is 0.387 e. The van der Waals surface area contributed by atoms with Gasteiger partial charge in [-0.2, -0.15) is 8.78 Å². The molecule has 0 amide bonds. The van der Waals surface area contributed by atoms with Gasteiger partial charge in [0.15, 0.2) is 0 Å². The van der Waals surface area contributed by atoms with E-state index in [0.717, 1.165) is 12.1 Å². The molecule has 0 heterocycles. The molecule has 0 saturated heterocycles. The quantitative estimate of drug-likeness (QED) is 0.495. The van der Waals surface area contributed by atoms with Gasteiger partial charge in [-0.15, -0.1) is 11.6 Å². The number of nitro benzene ring substituents is 1. The largest absolute Gasteiger partial charge is 0.481 e. The summed E-state index contributed by atoms with van der Waals surface area (Å²) in [6.07, 6.45) is -0.616. The van der Waals surface area contributed by atoms with Gasteiger partial charge < -0.3 is 9.84 Å². The zero-order valence-corrected chi connectivity index (χ0v) is 10.1. The molecule has 0 aliphatic rings. The van der Waals surface area contributed by atoms with Gasteiger partial charge in [0.1, 0.15) is 5.75 Å². The van der Waals surface area contributed by atoms with E-state index < -0.39 is 35.4 Å². The highest BCUT2D eigenvalue weighted by atomic mass is 35.5. The van der Waals surface area contributed by atoms with Crippen LogP contribution >= 0.6 is 11.6 Å². The Labute approximate surface area is 110 Å². The van der Waals surface area contributed by atoms with E-state index in [4.69, 9.17) is 16.7 Å². The highest BCUT2D eigenvalue weighted by Crippen LogP contribution is 2.31. The van der Waals surface area contributed by atoms with Crippen LogP contribution in [0.15, 0.2) is 12.1 Å². The van der Waals surface area contributed by atoms with E-state index in [9.17, 15) is 23.7 Å². The minimum absolute atomic E-state index is 0.0591. The lowest BCUT2D eigenvalue weighted by molar-refractivity contribution is -0.385. The van der Waals surface area contributed by atoms with E-state index in [1.165, 1.54) is 0 Å². The van der Waals surface area contributed by atoms with E-state index in [2.05, 4.69) is 4.74 Å². The molecule has 0 aliphatic heterocycles. The first-order chi connectivity index (χ1) is 8.85. The Morgan fingerprint density at radius 2 is 2.11 bits per heavy atom. The second-order valence-electron chi connectivity index (χ2n) is 3.43. The zero-order valence-electron chi connectivity index (χ0n) is 9.31. The predicted octanol–water partition coefficient (Wildman–Crippen LogP) is 2.56. The molecule has 0 saturated carbocycles. The van der Waals surface area contributed by atoms with Crippen LogP contribution in [0.25, 0.3) is 0 Å². The van der Waals surface area contributed by atoms with Crippen LogP contribution < -0.4 is 4.74 Å². The first kappa shape index (κ1) is 15.1. The number of carboxylic acid groups (broad SMARTS) is 1. The van der Waals surface area contributed by atoms with Crippen molar-refractivity contribution in [1.82, 2.24) is 0 Å². The van der Waals surface area contributed by atoms with Gasteiger partial charge in [-0.05, 0) is 6.07 Å². The number of halogens is 3. The van der Waals surface area contributed by atoms with Gasteiger partial charge in [-0.1, -0.05) is 0 Å². The topological polar surface area (TPSA) is 89.7 Å². The van der Waals surface area contributed by atoms with Gasteiger partial charge in [0.25, 0.3) is 5.69 Å². The third kappa shape index (κ3) is 4.02. The second-order valence-corrected chi connectivity index (χ2v) is 3.70. The van der Waals surface area contributed by atoms with E-state index >= 15 is 0 Å². The van der Waals surface area contributed by atoms with E-state index in [-0.39, 0.29) is 17.0 Å². The number of aliphatic carboxylic acids is 1. The number of nitro groups is 1. The fraction of sp³-hybridized carbons (Fsp3) is 0.300. The Balaban J connectivity index is 3.32. The number of benzene rings is 1. The standard InChI is InChI=1S/C10H8ClF2NO5/c11-4-6-1-5(2-9(15)16)7(14(17)18)3-8(6)19-10(12)13/h1,3,10H,2,4H2,(H,15,16). The van der Waals surface area contributed by atoms with Gasteiger partial charge in [0, 0.05) is 11.1 Å². The summed E-state index contributed by atoms with van der Waals surface area (Å²) in [5, 5.41) is 19.4. The van der Waals surface area contributed by atoms with Crippen molar-refractivity contribution >= 4 is 23.3 Å². The van der Waals surface area contributed by atoms with Crippen molar-refractivity contribution in [2.24, 2.45) is 0 Å². The summed E-state index contributed by atoms with van der Waals surface area (Å²) in [5.74, 6) is -1.97. The summed E-state index contributed by atoms with van der Waals surface area (Å²) in [5.41, 5.74) is -0.675. The molecule has 104 valence electrons. The maximum atomic E-state index is 12.2. The lowest BCUT2D eigenvalue weighted by atomic mass is 10.1. The summed E-state index contributed by atoms with van der Waals surface area (Å²) < 4.78 is 28.4. The lowest BCUT2D eigenvalue weighted by Gasteiger charge is -2.10. The van der Waals surface area contributed by atoms with Crippen molar-refractivity contribution in [3.63, 3.8) is 0 Å². The fourth-order valence-corrected chi connectivity index (χ4v) is 1.66. The molecule has 1 N–H and O–H groups in total. The number of ether oxygens (including phenoxy) is 1. The van der Waals surface area contributed by atoms with E-state index in [1.54, 1.807) is 0 Å². The molecule has 0 atom stereocenters. The van der Waals surface area contributed by atoms with Gasteiger partial charge in [-0.25, -0.2) is 0 Å². The Morgan fingerprint density at radius 3 is 2.53 bits per heavy atom. The average Bonchev–Trinajstić information content (AvgIpc) is 2.28. The predicted molar refractivity (Wildman–Crippen MR) is 60.6 cm³/mol. The number of carboxylic acids is 1. The molecule has 0 bridgehead atoms. The maximum absolute atomic E-state index is 12.2. The lowest BCUT2D eigenvalue weighted by Crippen LogP contribution is -2.08. The summed E-state index contributed by atoms with van der Waals surface area (Å²) >= 11 is 5.51.